The number of aryl methyl sites for hydroxylation is 1. The normalized spacial score (nSPS) is 18.8. The van der Waals surface area contributed by atoms with E-state index in [1.54, 1.807) is 6.07 Å². The van der Waals surface area contributed by atoms with E-state index in [9.17, 15) is 0 Å². The molecule has 138 valence electrons. The predicted molar refractivity (Wildman–Crippen MR) is 108 cm³/mol. The van der Waals surface area contributed by atoms with Crippen LogP contribution in [-0.2, 0) is 11.3 Å². The Hall–Kier alpha value is -1.70. The molecule has 6 nitrogen and oxygen atoms in total. The molecule has 0 spiro atoms. The number of aromatic nitrogens is 1. The maximum Gasteiger partial charge on any atom is 0.254 e. The van der Waals surface area contributed by atoms with Gasteiger partial charge in [-0.15, -0.1) is 0 Å². The number of rotatable bonds is 5. The van der Waals surface area contributed by atoms with Gasteiger partial charge in [-0.2, -0.15) is 15.4 Å². The van der Waals surface area contributed by atoms with Gasteiger partial charge in [0.05, 0.1) is 10.0 Å². The molecule has 0 amide bonds. The highest BCUT2D eigenvalue weighted by atomic mass is 35.5. The van der Waals surface area contributed by atoms with Gasteiger partial charge in [0.25, 0.3) is 5.84 Å². The van der Waals surface area contributed by atoms with Crippen LogP contribution in [0.1, 0.15) is 23.7 Å². The summed E-state index contributed by atoms with van der Waals surface area (Å²) in [7, 11) is 0. The fraction of sp³-hybridized carbons (Fsp3) is 0.333. The third-order valence-electron chi connectivity index (χ3n) is 4.60. The van der Waals surface area contributed by atoms with Crippen LogP contribution in [0, 0.1) is 13.8 Å². The number of aliphatic imine (C=N–C) groups is 1. The van der Waals surface area contributed by atoms with Crippen molar-refractivity contribution in [1.29, 1.82) is 0 Å². The quantitative estimate of drug-likeness (QED) is 0.591. The first kappa shape index (κ1) is 19.1. The lowest BCUT2D eigenvalue weighted by atomic mass is 10.1. The molecule has 1 aromatic heterocycles. The zero-order valence-electron chi connectivity index (χ0n) is 15.0. The Kier molecular flexibility index (Phi) is 5.23. The van der Waals surface area contributed by atoms with Gasteiger partial charge in [0, 0.05) is 23.4 Å². The molecule has 4 N–H and O–H groups in total. The number of ether oxygens (including phenoxy) is 1. The number of benzene rings is 1. The minimum absolute atomic E-state index is 0.0211. The minimum atomic E-state index is -0.0211. The van der Waals surface area contributed by atoms with Crippen molar-refractivity contribution >= 4 is 46.2 Å². The molecular weight excluding hydrogens is 373 g/mol. The zero-order valence-corrected chi connectivity index (χ0v) is 16.5. The summed E-state index contributed by atoms with van der Waals surface area (Å²) in [5, 5.41) is 0.991. The minimum Gasteiger partial charge on any atom is -0.382 e. The number of quaternary nitrogens is 1. The van der Waals surface area contributed by atoms with E-state index in [-0.39, 0.29) is 4.59 Å². The number of anilines is 1. The molecule has 8 heteroatoms. The van der Waals surface area contributed by atoms with Gasteiger partial charge in [0.1, 0.15) is 13.2 Å². The Morgan fingerprint density at radius 1 is 1.19 bits per heavy atom. The van der Waals surface area contributed by atoms with Gasteiger partial charge < -0.3 is 10.5 Å². The topological polar surface area (TPSA) is 86.5 Å². The van der Waals surface area contributed by atoms with Crippen LogP contribution in [0.3, 0.4) is 0 Å². The van der Waals surface area contributed by atoms with E-state index in [2.05, 4.69) is 9.98 Å². The summed E-state index contributed by atoms with van der Waals surface area (Å²) in [4.78, 5) is 9.06. The Balaban J connectivity index is 2.12. The van der Waals surface area contributed by atoms with E-state index in [0.717, 1.165) is 22.5 Å². The summed E-state index contributed by atoms with van der Waals surface area (Å²) in [6, 6.07) is 5.49. The molecule has 3 rings (SSSR count). The second-order valence-electron chi connectivity index (χ2n) is 6.35. The second-order valence-corrected chi connectivity index (χ2v) is 7.16. The number of nitrogen functional groups attached to an aromatic ring is 1. The standard InChI is InChI=1S/C18H22Cl2N5O/c1-4-26-9-15-24-16-17(10(2)11(3)23-18(16)21)25(15,22)8-12-5-6-13(19)14(20)7-12/h5-7H,4,8-9,22H2,1-3H3,(H2,21,23)/q+1. The summed E-state index contributed by atoms with van der Waals surface area (Å²) >= 11 is 12.2. The van der Waals surface area contributed by atoms with E-state index in [4.69, 9.17) is 39.5 Å². The molecule has 0 fully saturated rings. The number of hydrogen-bond donors (Lipinski definition) is 2. The van der Waals surface area contributed by atoms with Crippen molar-refractivity contribution in [2.45, 2.75) is 27.3 Å². The van der Waals surface area contributed by atoms with Crippen LogP contribution in [0.4, 0.5) is 17.2 Å². The van der Waals surface area contributed by atoms with Gasteiger partial charge in [-0.1, -0.05) is 29.3 Å². The highest BCUT2D eigenvalue weighted by molar-refractivity contribution is 6.42. The third kappa shape index (κ3) is 3.19. The number of halogens is 2. The van der Waals surface area contributed by atoms with E-state index in [0.29, 0.717) is 47.1 Å². The summed E-state index contributed by atoms with van der Waals surface area (Å²) in [6.07, 6.45) is 0. The summed E-state index contributed by atoms with van der Waals surface area (Å²) in [6.45, 7) is 7.14. The molecular formula is C18H22Cl2N5O+. The molecule has 0 bridgehead atoms. The monoisotopic (exact) mass is 394 g/mol. The van der Waals surface area contributed by atoms with E-state index in [1.807, 2.05) is 32.9 Å². The van der Waals surface area contributed by atoms with Gasteiger partial charge in [0.15, 0.2) is 17.2 Å². The van der Waals surface area contributed by atoms with Crippen LogP contribution >= 0.6 is 23.2 Å². The molecule has 2 heterocycles. The van der Waals surface area contributed by atoms with E-state index < -0.39 is 0 Å². The Labute approximate surface area is 162 Å². The molecule has 1 atom stereocenters. The summed E-state index contributed by atoms with van der Waals surface area (Å²) in [5.74, 6) is 7.93. The first-order valence-corrected chi connectivity index (χ1v) is 9.07. The molecule has 26 heavy (non-hydrogen) atoms. The first-order chi connectivity index (χ1) is 12.3. The van der Waals surface area contributed by atoms with Gasteiger partial charge in [-0.3, -0.25) is 0 Å². The van der Waals surface area contributed by atoms with Gasteiger partial charge >= 0.3 is 0 Å². The summed E-state index contributed by atoms with van der Waals surface area (Å²) in [5.41, 5.74) is 10.3. The number of fused-ring (bicyclic) bond motifs is 1. The van der Waals surface area contributed by atoms with E-state index in [1.165, 1.54) is 0 Å². The molecule has 1 unspecified atom stereocenters. The van der Waals surface area contributed by atoms with Crippen molar-refractivity contribution in [1.82, 2.24) is 9.58 Å². The van der Waals surface area contributed by atoms with Crippen molar-refractivity contribution in [3.63, 3.8) is 0 Å². The molecule has 0 radical (unpaired) electrons. The van der Waals surface area contributed by atoms with Crippen LogP contribution < -0.4 is 16.2 Å². The Morgan fingerprint density at radius 2 is 1.92 bits per heavy atom. The van der Waals surface area contributed by atoms with Crippen LogP contribution in [0.5, 0.6) is 0 Å². The summed E-state index contributed by atoms with van der Waals surface area (Å²) < 4.78 is 5.58. The molecule has 2 aromatic rings. The van der Waals surface area contributed by atoms with Crippen molar-refractivity contribution in [3.8, 4) is 0 Å². The Bertz CT molecular complexity index is 900. The molecule has 0 aliphatic carbocycles. The van der Waals surface area contributed by atoms with Gasteiger partial charge in [-0.05, 0) is 32.9 Å². The van der Waals surface area contributed by atoms with Crippen molar-refractivity contribution in [2.24, 2.45) is 10.8 Å². The van der Waals surface area contributed by atoms with Gasteiger partial charge in [-0.25, -0.2) is 4.98 Å². The lowest BCUT2D eigenvalue weighted by Gasteiger charge is -2.30. The zero-order chi connectivity index (χ0) is 19.1. The molecule has 1 aromatic carbocycles. The maximum absolute atomic E-state index is 6.88. The van der Waals surface area contributed by atoms with Crippen LogP contribution in [-0.4, -0.2) is 24.0 Å². The highest BCUT2D eigenvalue weighted by Crippen LogP contribution is 2.46. The molecule has 1 aliphatic rings. The Morgan fingerprint density at radius 3 is 2.58 bits per heavy atom. The third-order valence-corrected chi connectivity index (χ3v) is 5.34. The van der Waals surface area contributed by atoms with Gasteiger partial charge in [0.2, 0.25) is 0 Å². The van der Waals surface area contributed by atoms with Crippen molar-refractivity contribution < 1.29 is 4.74 Å². The fourth-order valence-electron chi connectivity index (χ4n) is 3.17. The lowest BCUT2D eigenvalue weighted by molar-refractivity contribution is 0.177. The van der Waals surface area contributed by atoms with Crippen LogP contribution in [0.25, 0.3) is 0 Å². The smallest absolute Gasteiger partial charge is 0.254 e. The molecule has 1 aliphatic heterocycles. The SMILES string of the molecule is CCOCC1=Nc2c(N)nc(C)c(C)c2[N+]1(N)Cc1ccc(Cl)c(Cl)c1. The second kappa shape index (κ2) is 7.13. The lowest BCUT2D eigenvalue weighted by Crippen LogP contribution is -2.59. The maximum atomic E-state index is 6.88. The average Bonchev–Trinajstić information content (AvgIpc) is 2.87. The number of amidine groups is 1. The molecule has 0 saturated heterocycles. The number of nitrogens with two attached hydrogens (primary N) is 2. The van der Waals surface area contributed by atoms with Crippen LogP contribution in [0.2, 0.25) is 10.0 Å². The fourth-order valence-corrected chi connectivity index (χ4v) is 3.49. The first-order valence-electron chi connectivity index (χ1n) is 8.31. The van der Waals surface area contributed by atoms with Crippen molar-refractivity contribution in [2.75, 3.05) is 18.9 Å². The van der Waals surface area contributed by atoms with Crippen LogP contribution in [0.15, 0.2) is 23.2 Å². The van der Waals surface area contributed by atoms with Crippen molar-refractivity contribution in [3.05, 3.63) is 45.1 Å². The number of pyridine rings is 1. The largest absolute Gasteiger partial charge is 0.382 e. The number of hydrogen-bond acceptors (Lipinski definition) is 5. The molecule has 0 saturated carbocycles. The number of nitrogens with zero attached hydrogens (tertiary/aromatic N) is 3. The predicted octanol–water partition coefficient (Wildman–Crippen LogP) is 4.05. The van der Waals surface area contributed by atoms with E-state index >= 15 is 0 Å². The average molecular weight is 395 g/mol. The highest BCUT2D eigenvalue weighted by Gasteiger charge is 2.45.